The van der Waals surface area contributed by atoms with E-state index >= 15 is 0 Å². The van der Waals surface area contributed by atoms with Gasteiger partial charge in [-0.05, 0) is 43.7 Å². The second-order valence-electron chi connectivity index (χ2n) is 7.36. The van der Waals surface area contributed by atoms with E-state index in [-0.39, 0.29) is 23.8 Å². The number of allylic oxidation sites excluding steroid dienone is 1. The number of nitrogens with one attached hydrogen (secondary N) is 1. The van der Waals surface area contributed by atoms with Crippen molar-refractivity contribution >= 4 is 17.2 Å². The van der Waals surface area contributed by atoms with E-state index in [1.54, 1.807) is 25.1 Å². The standard InChI is InChI=1S/C24H18F6N2O2/c1-4-34-14(3)20-8-6-18(19-9-13(2)5-7-21(19)32-20)22(33)31-17-11-15(23(25,26)27)10-16(12-17)24(28,29)30/h4-5,7-12H,1,3,6H2,2H3,(H,31,33). The summed E-state index contributed by atoms with van der Waals surface area (Å²) in [6.07, 6.45) is -7.46. The Hall–Kier alpha value is -3.82. The number of halogens is 6. The molecule has 0 fully saturated rings. The third kappa shape index (κ3) is 5.56. The predicted molar refractivity (Wildman–Crippen MR) is 114 cm³/mol. The van der Waals surface area contributed by atoms with E-state index in [2.05, 4.69) is 23.5 Å². The Bertz CT molecular complexity index is 1290. The first-order valence-electron chi connectivity index (χ1n) is 9.76. The zero-order chi connectivity index (χ0) is 25.3. The highest BCUT2D eigenvalue weighted by molar-refractivity contribution is 6.20. The first kappa shape index (κ1) is 24.8. The van der Waals surface area contributed by atoms with Gasteiger partial charge >= 0.3 is 12.4 Å². The average molecular weight is 480 g/mol. The van der Waals surface area contributed by atoms with Crippen molar-refractivity contribution in [3.8, 4) is 0 Å². The number of aryl methyl sites for hydroxylation is 1. The van der Waals surface area contributed by atoms with Crippen molar-refractivity contribution in [3.63, 3.8) is 0 Å². The highest BCUT2D eigenvalue weighted by atomic mass is 19.4. The third-order valence-corrected chi connectivity index (χ3v) is 4.85. The second kappa shape index (κ2) is 9.20. The number of hydrogen-bond acceptors (Lipinski definition) is 3. The topological polar surface area (TPSA) is 50.7 Å². The zero-order valence-electron chi connectivity index (χ0n) is 17.8. The quantitative estimate of drug-likeness (QED) is 0.460. The fourth-order valence-electron chi connectivity index (χ4n) is 3.26. The lowest BCUT2D eigenvalue weighted by atomic mass is 10.0. The van der Waals surface area contributed by atoms with Crippen LogP contribution in [-0.4, -0.2) is 5.91 Å². The summed E-state index contributed by atoms with van der Waals surface area (Å²) in [4.78, 5) is 17.5. The van der Waals surface area contributed by atoms with Crippen LogP contribution >= 0.6 is 0 Å². The molecule has 1 N–H and O–H groups in total. The minimum atomic E-state index is -5.04. The molecule has 0 spiro atoms. The number of carbonyl (C=O) groups is 1. The molecule has 1 heterocycles. The van der Waals surface area contributed by atoms with Crippen LogP contribution in [0.5, 0.6) is 0 Å². The Kier molecular flexibility index (Phi) is 6.72. The van der Waals surface area contributed by atoms with Gasteiger partial charge < -0.3 is 10.1 Å². The lowest BCUT2D eigenvalue weighted by molar-refractivity contribution is -0.143. The first-order valence-corrected chi connectivity index (χ1v) is 9.76. The Morgan fingerprint density at radius 2 is 1.68 bits per heavy atom. The maximum atomic E-state index is 13.2. The summed E-state index contributed by atoms with van der Waals surface area (Å²) in [7, 11) is 0. The molecule has 1 aliphatic heterocycles. The highest BCUT2D eigenvalue weighted by Gasteiger charge is 2.37. The molecule has 2 aromatic rings. The van der Waals surface area contributed by atoms with Crippen LogP contribution in [-0.2, 0) is 21.9 Å². The normalized spacial score (nSPS) is 13.7. The minimum Gasteiger partial charge on any atom is -0.464 e. The summed E-state index contributed by atoms with van der Waals surface area (Å²) in [5, 5.41) is 2.91. The van der Waals surface area contributed by atoms with Gasteiger partial charge in [0.2, 0.25) is 0 Å². The molecule has 0 bridgehead atoms. The number of nitrogens with zero attached hydrogens (tertiary/aromatic N) is 1. The summed E-state index contributed by atoms with van der Waals surface area (Å²) in [6, 6.07) is 5.91. The molecule has 0 radical (unpaired) electrons. The highest BCUT2D eigenvalue weighted by Crippen LogP contribution is 2.37. The summed E-state index contributed by atoms with van der Waals surface area (Å²) >= 11 is 0. The van der Waals surface area contributed by atoms with Gasteiger partial charge in [0, 0.05) is 16.5 Å². The molecule has 0 unspecified atom stereocenters. The van der Waals surface area contributed by atoms with Crippen molar-refractivity contribution in [2.45, 2.75) is 25.7 Å². The number of benzene rings is 2. The van der Waals surface area contributed by atoms with E-state index in [0.29, 0.717) is 28.4 Å². The van der Waals surface area contributed by atoms with Gasteiger partial charge in [0.1, 0.15) is 11.5 Å². The van der Waals surface area contributed by atoms with Gasteiger partial charge in [-0.1, -0.05) is 30.9 Å². The van der Waals surface area contributed by atoms with Gasteiger partial charge in [-0.3, -0.25) is 4.79 Å². The van der Waals surface area contributed by atoms with Gasteiger partial charge in [-0.15, -0.1) is 0 Å². The van der Waals surface area contributed by atoms with E-state index < -0.39 is 35.1 Å². The van der Waals surface area contributed by atoms with Crippen LogP contribution in [0.2, 0.25) is 0 Å². The van der Waals surface area contributed by atoms with Crippen molar-refractivity contribution in [2.24, 2.45) is 4.99 Å². The number of amides is 1. The molecule has 0 saturated heterocycles. The number of hydrogen-bond donors (Lipinski definition) is 1. The molecular weight excluding hydrogens is 462 g/mol. The zero-order valence-corrected chi connectivity index (χ0v) is 17.8. The number of anilines is 1. The van der Waals surface area contributed by atoms with Crippen molar-refractivity contribution in [3.05, 3.63) is 101 Å². The number of carbonyl (C=O) groups excluding carboxylic acids is 1. The molecule has 178 valence electrons. The fourth-order valence-corrected chi connectivity index (χ4v) is 3.26. The van der Waals surface area contributed by atoms with Crippen LogP contribution in [0.1, 0.15) is 23.1 Å². The van der Waals surface area contributed by atoms with Crippen molar-refractivity contribution in [2.75, 3.05) is 5.32 Å². The van der Waals surface area contributed by atoms with E-state index in [1.165, 1.54) is 6.08 Å². The van der Waals surface area contributed by atoms with E-state index in [4.69, 9.17) is 4.74 Å². The summed E-state index contributed by atoms with van der Waals surface area (Å²) in [6.45, 7) is 8.92. The predicted octanol–water partition coefficient (Wildman–Crippen LogP) is 5.40. The van der Waals surface area contributed by atoms with Gasteiger partial charge in [0.25, 0.3) is 5.91 Å². The van der Waals surface area contributed by atoms with Crippen LogP contribution in [0.4, 0.5) is 32.0 Å². The van der Waals surface area contributed by atoms with Gasteiger partial charge in [0.15, 0.2) is 0 Å². The van der Waals surface area contributed by atoms with Crippen LogP contribution in [0.25, 0.3) is 5.57 Å². The minimum absolute atomic E-state index is 0.00772. The Morgan fingerprint density at radius 1 is 1.06 bits per heavy atom. The number of fused-ring (bicyclic) bond motifs is 1. The van der Waals surface area contributed by atoms with Crippen LogP contribution in [0, 0.1) is 6.92 Å². The molecule has 0 aromatic heterocycles. The van der Waals surface area contributed by atoms with Crippen molar-refractivity contribution in [1.29, 1.82) is 0 Å². The third-order valence-electron chi connectivity index (χ3n) is 4.85. The number of ether oxygens (including phenoxy) is 1. The van der Waals surface area contributed by atoms with E-state index in [0.717, 1.165) is 11.8 Å². The van der Waals surface area contributed by atoms with Crippen LogP contribution < -0.4 is 15.9 Å². The number of rotatable bonds is 5. The Labute approximate surface area is 190 Å². The molecular formula is C24H18F6N2O2. The van der Waals surface area contributed by atoms with E-state index in [1.807, 2.05) is 0 Å². The van der Waals surface area contributed by atoms with Crippen molar-refractivity contribution in [1.82, 2.24) is 0 Å². The molecule has 1 aliphatic rings. The average Bonchev–Trinajstić information content (AvgIpc) is 2.92. The Balaban J connectivity index is 2.10. The SMILES string of the molecule is C=COC(=C)C1=CCC(C(=O)Nc2cc(C(F)(F)F)cc(C(F)(F)F)c2)=c2cc(C)ccc2=N1. The molecule has 3 rings (SSSR count). The smallest absolute Gasteiger partial charge is 0.416 e. The molecule has 0 atom stereocenters. The lowest BCUT2D eigenvalue weighted by Crippen LogP contribution is -2.31. The summed E-state index contributed by atoms with van der Waals surface area (Å²) in [5.41, 5.74) is -2.55. The molecule has 10 heteroatoms. The molecule has 2 aromatic carbocycles. The van der Waals surface area contributed by atoms with Gasteiger partial charge in [-0.2, -0.15) is 26.3 Å². The van der Waals surface area contributed by atoms with Gasteiger partial charge in [0.05, 0.1) is 22.7 Å². The van der Waals surface area contributed by atoms with Crippen LogP contribution in [0.3, 0.4) is 0 Å². The van der Waals surface area contributed by atoms with Gasteiger partial charge in [-0.25, -0.2) is 4.99 Å². The van der Waals surface area contributed by atoms with Crippen LogP contribution in [0.15, 0.2) is 78.3 Å². The molecule has 0 aliphatic carbocycles. The lowest BCUT2D eigenvalue weighted by Gasteiger charge is -2.15. The van der Waals surface area contributed by atoms with Crippen molar-refractivity contribution < 1.29 is 35.9 Å². The summed E-state index contributed by atoms with van der Waals surface area (Å²) in [5.74, 6) is -0.724. The maximum absolute atomic E-state index is 13.2. The first-order chi connectivity index (χ1) is 15.8. The Morgan fingerprint density at radius 3 is 2.24 bits per heavy atom. The summed E-state index contributed by atoms with van der Waals surface area (Å²) < 4.78 is 84.2. The number of alkyl halides is 6. The monoisotopic (exact) mass is 480 g/mol. The molecule has 1 amide bonds. The molecule has 0 saturated carbocycles. The maximum Gasteiger partial charge on any atom is 0.416 e. The molecule has 34 heavy (non-hydrogen) atoms. The largest absolute Gasteiger partial charge is 0.464 e. The van der Waals surface area contributed by atoms with E-state index in [9.17, 15) is 31.1 Å². The fraction of sp³-hybridized carbons (Fsp3) is 0.167. The molecule has 4 nitrogen and oxygen atoms in total. The second-order valence-corrected chi connectivity index (χ2v) is 7.36.